The van der Waals surface area contributed by atoms with Crippen LogP contribution in [0.15, 0.2) is 30.7 Å². The van der Waals surface area contributed by atoms with E-state index >= 15 is 0 Å². The summed E-state index contributed by atoms with van der Waals surface area (Å²) in [6.07, 6.45) is 9.27. The van der Waals surface area contributed by atoms with Crippen LogP contribution in [0.3, 0.4) is 0 Å². The summed E-state index contributed by atoms with van der Waals surface area (Å²) >= 11 is 0. The Kier molecular flexibility index (Phi) is 4.46. The number of anilines is 1. The summed E-state index contributed by atoms with van der Waals surface area (Å²) < 4.78 is 0. The van der Waals surface area contributed by atoms with Crippen molar-refractivity contribution in [1.82, 2.24) is 20.4 Å². The first-order chi connectivity index (χ1) is 11.3. The summed E-state index contributed by atoms with van der Waals surface area (Å²) in [6.45, 7) is 3.80. The lowest BCUT2D eigenvalue weighted by molar-refractivity contribution is 0.281. The van der Waals surface area contributed by atoms with Crippen LogP contribution in [-0.4, -0.2) is 34.2 Å². The number of piperidine rings is 1. The lowest BCUT2D eigenvalue weighted by Crippen LogP contribution is -2.55. The number of allylic oxidation sites excluding steroid dienone is 1. The summed E-state index contributed by atoms with van der Waals surface area (Å²) in [5.41, 5.74) is 2.16. The molecule has 1 aliphatic rings. The van der Waals surface area contributed by atoms with Crippen LogP contribution in [-0.2, 0) is 0 Å². The molecule has 0 radical (unpaired) electrons. The number of rotatable bonds is 4. The van der Waals surface area contributed by atoms with Gasteiger partial charge < -0.3 is 10.3 Å². The number of hydrogen-bond donors (Lipinski definition) is 3. The average molecular weight is 311 g/mol. The maximum Gasteiger partial charge on any atom is 0.140 e. The molecule has 2 aromatic heterocycles. The Hall–Kier alpha value is -2.56. The molecule has 3 rings (SSSR count). The summed E-state index contributed by atoms with van der Waals surface area (Å²) in [5.74, 6) is 6.27. The molecule has 7 heteroatoms. The summed E-state index contributed by atoms with van der Waals surface area (Å²) in [7, 11) is 0. The van der Waals surface area contributed by atoms with Crippen LogP contribution in [0.2, 0.25) is 0 Å². The number of hydrogen-bond acceptors (Lipinski definition) is 6. The first kappa shape index (κ1) is 15.3. The Morgan fingerprint density at radius 2 is 2.39 bits per heavy atom. The number of H-pyrrole nitrogens is 1. The van der Waals surface area contributed by atoms with Crippen LogP contribution in [0.5, 0.6) is 0 Å². The minimum absolute atomic E-state index is 0.219. The Morgan fingerprint density at radius 3 is 3.09 bits per heavy atom. The molecule has 0 amide bonds. The van der Waals surface area contributed by atoms with E-state index in [2.05, 4.69) is 21.4 Å². The van der Waals surface area contributed by atoms with Gasteiger partial charge >= 0.3 is 0 Å². The van der Waals surface area contributed by atoms with Gasteiger partial charge in [0.25, 0.3) is 0 Å². The molecule has 0 aliphatic carbocycles. The lowest BCUT2D eigenvalue weighted by atomic mass is 10.1. The van der Waals surface area contributed by atoms with Crippen LogP contribution in [0.1, 0.15) is 25.3 Å². The Labute approximate surface area is 135 Å². The molecule has 1 atom stereocenters. The van der Waals surface area contributed by atoms with E-state index < -0.39 is 0 Å². The minimum Gasteiger partial charge on any atom is -0.345 e. The number of nitrogens with one attached hydrogen (secondary N) is 2. The zero-order chi connectivity index (χ0) is 16.2. The van der Waals surface area contributed by atoms with Gasteiger partial charge in [-0.25, -0.2) is 15.9 Å². The van der Waals surface area contributed by atoms with Gasteiger partial charge in [0.1, 0.15) is 11.7 Å². The van der Waals surface area contributed by atoms with Gasteiger partial charge in [-0.15, -0.1) is 0 Å². The second-order valence-electron chi connectivity index (χ2n) is 5.57. The van der Waals surface area contributed by atoms with Gasteiger partial charge in [-0.05, 0) is 32.4 Å². The number of nitrogens with two attached hydrogens (primary N) is 1. The molecular formula is C16H21N7. The topological polar surface area (TPSA) is 97.0 Å². The molecule has 4 N–H and O–H groups in total. The summed E-state index contributed by atoms with van der Waals surface area (Å²) in [6, 6.07) is 4.36. The zero-order valence-corrected chi connectivity index (χ0v) is 13.2. The maximum atomic E-state index is 9.40. The highest BCUT2D eigenvalue weighted by Crippen LogP contribution is 2.31. The van der Waals surface area contributed by atoms with Crippen LogP contribution in [0.4, 0.5) is 5.69 Å². The predicted molar refractivity (Wildman–Crippen MR) is 90.0 cm³/mol. The second kappa shape index (κ2) is 6.69. The lowest BCUT2D eigenvalue weighted by Gasteiger charge is -2.41. The van der Waals surface area contributed by atoms with E-state index in [1.807, 2.05) is 30.3 Å². The van der Waals surface area contributed by atoms with Gasteiger partial charge in [0, 0.05) is 25.1 Å². The third-order valence-electron chi connectivity index (χ3n) is 4.09. The molecule has 120 valence electrons. The number of hydrazine groups is 2. The molecule has 1 saturated heterocycles. The zero-order valence-electron chi connectivity index (χ0n) is 13.2. The van der Waals surface area contributed by atoms with E-state index in [-0.39, 0.29) is 6.04 Å². The van der Waals surface area contributed by atoms with E-state index in [9.17, 15) is 5.26 Å². The number of nitrogens with zero attached hydrogens (tertiary/aromatic N) is 4. The fraction of sp³-hybridized carbons (Fsp3) is 0.375. The molecular weight excluding hydrogens is 290 g/mol. The molecule has 0 bridgehead atoms. The first-order valence-corrected chi connectivity index (χ1v) is 7.79. The number of aromatic amines is 1. The Balaban J connectivity index is 2.12. The molecule has 0 saturated carbocycles. The van der Waals surface area contributed by atoms with Crippen LogP contribution in [0, 0.1) is 11.3 Å². The fourth-order valence-corrected chi connectivity index (χ4v) is 3.09. The fourth-order valence-electron chi connectivity index (χ4n) is 3.09. The van der Waals surface area contributed by atoms with Crippen molar-refractivity contribution in [2.45, 2.75) is 25.8 Å². The highest BCUT2D eigenvalue weighted by Gasteiger charge is 2.26. The van der Waals surface area contributed by atoms with Crippen LogP contribution >= 0.6 is 0 Å². The van der Waals surface area contributed by atoms with Crippen molar-refractivity contribution in [3.8, 4) is 6.07 Å². The molecule has 3 heterocycles. The van der Waals surface area contributed by atoms with Crippen molar-refractivity contribution in [3.05, 3.63) is 36.3 Å². The molecule has 1 fully saturated rings. The molecule has 2 aromatic rings. The molecule has 1 aliphatic heterocycles. The highest BCUT2D eigenvalue weighted by atomic mass is 15.8. The standard InChI is InChI=1S/C16H21N7/c1-2-8-22(18)23(13-4-3-6-19-11-13)14-5-7-20-16-15(14)12(9-17)10-21-16/h2,5,7-8,10,13,19H,3-4,6,11,18H2,1H3,(H,20,21)/t13-/m1/s1. The number of fused-ring (bicyclic) bond motifs is 1. The van der Waals surface area contributed by atoms with Crippen molar-refractivity contribution in [1.29, 1.82) is 5.26 Å². The average Bonchev–Trinajstić information content (AvgIpc) is 3.00. The van der Waals surface area contributed by atoms with Crippen molar-refractivity contribution in [2.75, 3.05) is 18.1 Å². The van der Waals surface area contributed by atoms with Crippen molar-refractivity contribution < 1.29 is 0 Å². The molecule has 23 heavy (non-hydrogen) atoms. The maximum absolute atomic E-state index is 9.40. The van der Waals surface area contributed by atoms with Crippen LogP contribution in [0.25, 0.3) is 11.0 Å². The Morgan fingerprint density at radius 1 is 1.52 bits per heavy atom. The van der Waals surface area contributed by atoms with Gasteiger partial charge in [-0.3, -0.25) is 5.01 Å². The molecule has 0 aromatic carbocycles. The smallest absolute Gasteiger partial charge is 0.140 e. The second-order valence-corrected chi connectivity index (χ2v) is 5.57. The number of pyridine rings is 1. The molecule has 0 spiro atoms. The van der Waals surface area contributed by atoms with E-state index in [0.29, 0.717) is 11.2 Å². The van der Waals surface area contributed by atoms with Gasteiger partial charge in [0.05, 0.1) is 22.7 Å². The number of nitriles is 1. The van der Waals surface area contributed by atoms with Crippen molar-refractivity contribution in [2.24, 2.45) is 5.84 Å². The van der Waals surface area contributed by atoms with Gasteiger partial charge in [-0.2, -0.15) is 5.26 Å². The molecule has 7 nitrogen and oxygen atoms in total. The third kappa shape index (κ3) is 2.86. The van der Waals surface area contributed by atoms with Crippen molar-refractivity contribution in [3.63, 3.8) is 0 Å². The normalized spacial score (nSPS) is 18.2. The van der Waals surface area contributed by atoms with Gasteiger partial charge in [0.2, 0.25) is 0 Å². The van der Waals surface area contributed by atoms with Crippen molar-refractivity contribution >= 4 is 16.7 Å². The predicted octanol–water partition coefficient (Wildman–Crippen LogP) is 1.62. The Bertz CT molecular complexity index is 736. The third-order valence-corrected chi connectivity index (χ3v) is 4.09. The van der Waals surface area contributed by atoms with Crippen LogP contribution < -0.4 is 16.2 Å². The van der Waals surface area contributed by atoms with Gasteiger partial charge in [0.15, 0.2) is 0 Å². The van der Waals surface area contributed by atoms with E-state index in [1.165, 1.54) is 0 Å². The number of aromatic nitrogens is 2. The molecule has 0 unspecified atom stereocenters. The largest absolute Gasteiger partial charge is 0.345 e. The monoisotopic (exact) mass is 311 g/mol. The van der Waals surface area contributed by atoms with E-state index in [0.717, 1.165) is 37.0 Å². The summed E-state index contributed by atoms with van der Waals surface area (Å²) in [4.78, 5) is 7.37. The van der Waals surface area contributed by atoms with E-state index in [1.54, 1.807) is 17.5 Å². The summed E-state index contributed by atoms with van der Waals surface area (Å²) in [5, 5.41) is 17.3. The van der Waals surface area contributed by atoms with E-state index in [4.69, 9.17) is 5.84 Å². The SMILES string of the molecule is CC=CN(N)N(c1ccnc2[nH]cc(C#N)c12)[C@@H]1CCCNC1. The highest BCUT2D eigenvalue weighted by molar-refractivity contribution is 5.94. The quantitative estimate of drug-likeness (QED) is 0.586. The van der Waals surface area contributed by atoms with Gasteiger partial charge in [-0.1, -0.05) is 6.08 Å². The first-order valence-electron chi connectivity index (χ1n) is 7.79. The minimum atomic E-state index is 0.219.